The molecule has 4 nitrogen and oxygen atoms in total. The SMILES string of the molecule is N=C(N)c1ccnc(N2CCC3CCCCC32)c1. The number of amidine groups is 1. The van der Waals surface area contributed by atoms with E-state index in [1.165, 1.54) is 32.1 Å². The number of anilines is 1. The Morgan fingerprint density at radius 2 is 2.17 bits per heavy atom. The summed E-state index contributed by atoms with van der Waals surface area (Å²) in [6, 6.07) is 4.42. The highest BCUT2D eigenvalue weighted by Gasteiger charge is 2.36. The van der Waals surface area contributed by atoms with Crippen molar-refractivity contribution in [2.45, 2.75) is 38.1 Å². The van der Waals surface area contributed by atoms with Gasteiger partial charge in [0.25, 0.3) is 0 Å². The van der Waals surface area contributed by atoms with E-state index in [-0.39, 0.29) is 5.84 Å². The third kappa shape index (κ3) is 1.96. The second kappa shape index (κ2) is 4.59. The summed E-state index contributed by atoms with van der Waals surface area (Å²) < 4.78 is 0. The highest BCUT2D eigenvalue weighted by Crippen LogP contribution is 2.38. The summed E-state index contributed by atoms with van der Waals surface area (Å²) in [6.07, 6.45) is 8.43. The lowest BCUT2D eigenvalue weighted by Gasteiger charge is -2.32. The molecule has 0 radical (unpaired) electrons. The van der Waals surface area contributed by atoms with Gasteiger partial charge in [-0.25, -0.2) is 4.98 Å². The Kier molecular flexibility index (Phi) is 2.94. The van der Waals surface area contributed by atoms with E-state index in [1.807, 2.05) is 6.07 Å². The van der Waals surface area contributed by atoms with Crippen molar-refractivity contribution >= 4 is 11.7 Å². The molecule has 0 amide bonds. The molecule has 1 aliphatic carbocycles. The monoisotopic (exact) mass is 244 g/mol. The lowest BCUT2D eigenvalue weighted by molar-refractivity contribution is 0.341. The summed E-state index contributed by atoms with van der Waals surface area (Å²) in [5, 5.41) is 7.52. The van der Waals surface area contributed by atoms with Crippen molar-refractivity contribution in [3.8, 4) is 0 Å². The summed E-state index contributed by atoms with van der Waals surface area (Å²) in [5.41, 5.74) is 6.33. The molecule has 3 N–H and O–H groups in total. The highest BCUT2D eigenvalue weighted by atomic mass is 15.2. The third-order valence-electron chi connectivity index (χ3n) is 4.36. The van der Waals surface area contributed by atoms with Gasteiger partial charge in [-0.05, 0) is 37.3 Å². The molecule has 2 heterocycles. The molecule has 4 heteroatoms. The van der Waals surface area contributed by atoms with Gasteiger partial charge in [-0.2, -0.15) is 0 Å². The number of nitrogens with one attached hydrogen (secondary N) is 1. The van der Waals surface area contributed by atoms with Crippen molar-refractivity contribution in [2.24, 2.45) is 11.7 Å². The standard InChI is InChI=1S/C14H20N4/c15-14(16)11-5-7-17-13(9-11)18-8-6-10-3-1-2-4-12(10)18/h5,7,9-10,12H,1-4,6,8H2,(H3,15,16). The average molecular weight is 244 g/mol. The number of aromatic nitrogens is 1. The highest BCUT2D eigenvalue weighted by molar-refractivity contribution is 5.95. The van der Waals surface area contributed by atoms with Crippen LogP contribution >= 0.6 is 0 Å². The van der Waals surface area contributed by atoms with Crippen LogP contribution in [-0.2, 0) is 0 Å². The van der Waals surface area contributed by atoms with Crippen molar-refractivity contribution < 1.29 is 0 Å². The zero-order chi connectivity index (χ0) is 12.5. The number of rotatable bonds is 2. The number of nitrogens with two attached hydrogens (primary N) is 1. The summed E-state index contributed by atoms with van der Waals surface area (Å²) >= 11 is 0. The molecule has 2 aliphatic rings. The van der Waals surface area contributed by atoms with E-state index in [2.05, 4.69) is 9.88 Å². The average Bonchev–Trinajstić information content (AvgIpc) is 2.82. The lowest BCUT2D eigenvalue weighted by atomic mass is 9.85. The first-order chi connectivity index (χ1) is 8.75. The summed E-state index contributed by atoms with van der Waals surface area (Å²) in [5.74, 6) is 1.97. The smallest absolute Gasteiger partial charge is 0.129 e. The zero-order valence-corrected chi connectivity index (χ0v) is 10.6. The molecule has 18 heavy (non-hydrogen) atoms. The number of fused-ring (bicyclic) bond motifs is 1. The summed E-state index contributed by atoms with van der Waals surface area (Å²) in [6.45, 7) is 1.10. The van der Waals surface area contributed by atoms with Crippen LogP contribution in [0.1, 0.15) is 37.7 Å². The molecule has 1 saturated heterocycles. The van der Waals surface area contributed by atoms with Crippen molar-refractivity contribution in [1.29, 1.82) is 5.41 Å². The maximum atomic E-state index is 7.52. The van der Waals surface area contributed by atoms with E-state index in [1.54, 1.807) is 12.3 Å². The number of pyridine rings is 1. The van der Waals surface area contributed by atoms with Crippen LogP contribution in [0.2, 0.25) is 0 Å². The first-order valence-electron chi connectivity index (χ1n) is 6.83. The Balaban J connectivity index is 1.86. The predicted molar refractivity (Wildman–Crippen MR) is 73.0 cm³/mol. The molecule has 0 aromatic carbocycles. The van der Waals surface area contributed by atoms with Crippen LogP contribution in [0.15, 0.2) is 18.3 Å². The fraction of sp³-hybridized carbons (Fsp3) is 0.571. The molecule has 1 aromatic heterocycles. The van der Waals surface area contributed by atoms with E-state index in [0.717, 1.165) is 23.8 Å². The van der Waals surface area contributed by atoms with E-state index >= 15 is 0 Å². The van der Waals surface area contributed by atoms with Crippen LogP contribution in [0.3, 0.4) is 0 Å². The largest absolute Gasteiger partial charge is 0.384 e. The molecule has 3 rings (SSSR count). The quantitative estimate of drug-likeness (QED) is 0.618. The van der Waals surface area contributed by atoms with E-state index < -0.39 is 0 Å². The minimum atomic E-state index is 0.123. The van der Waals surface area contributed by atoms with Crippen LogP contribution in [0.25, 0.3) is 0 Å². The van der Waals surface area contributed by atoms with Gasteiger partial charge in [0.05, 0.1) is 0 Å². The van der Waals surface area contributed by atoms with Crippen molar-refractivity contribution in [3.63, 3.8) is 0 Å². The lowest BCUT2D eigenvalue weighted by Crippen LogP contribution is -2.35. The Morgan fingerprint density at radius 1 is 1.33 bits per heavy atom. The number of hydrogen-bond acceptors (Lipinski definition) is 3. The molecule has 2 atom stereocenters. The number of nitrogen functional groups attached to an aromatic ring is 1. The molecule has 0 spiro atoms. The number of nitrogens with zero attached hydrogens (tertiary/aromatic N) is 2. The minimum Gasteiger partial charge on any atom is -0.384 e. The van der Waals surface area contributed by atoms with Gasteiger partial charge in [0.2, 0.25) is 0 Å². The third-order valence-corrected chi connectivity index (χ3v) is 4.36. The Hall–Kier alpha value is -1.58. The molecule has 2 unspecified atom stereocenters. The fourth-order valence-corrected chi connectivity index (χ4v) is 3.43. The van der Waals surface area contributed by atoms with Gasteiger partial charge < -0.3 is 10.6 Å². The van der Waals surface area contributed by atoms with Gasteiger partial charge in [-0.1, -0.05) is 12.8 Å². The van der Waals surface area contributed by atoms with Crippen LogP contribution in [0.4, 0.5) is 5.82 Å². The van der Waals surface area contributed by atoms with Gasteiger partial charge in [0, 0.05) is 24.3 Å². The molecule has 1 saturated carbocycles. The minimum absolute atomic E-state index is 0.123. The zero-order valence-electron chi connectivity index (χ0n) is 10.6. The second-order valence-corrected chi connectivity index (χ2v) is 5.41. The van der Waals surface area contributed by atoms with Gasteiger partial charge in [-0.15, -0.1) is 0 Å². The normalized spacial score (nSPS) is 27.0. The molecule has 2 fully saturated rings. The molecule has 0 bridgehead atoms. The molecule has 1 aliphatic heterocycles. The van der Waals surface area contributed by atoms with Crippen LogP contribution in [0, 0.1) is 11.3 Å². The number of hydrogen-bond donors (Lipinski definition) is 2. The van der Waals surface area contributed by atoms with E-state index in [0.29, 0.717) is 6.04 Å². The first-order valence-corrected chi connectivity index (χ1v) is 6.83. The molecule has 96 valence electrons. The maximum Gasteiger partial charge on any atom is 0.129 e. The Bertz CT molecular complexity index is 457. The molecular formula is C14H20N4. The van der Waals surface area contributed by atoms with Gasteiger partial charge >= 0.3 is 0 Å². The van der Waals surface area contributed by atoms with Crippen molar-refractivity contribution in [2.75, 3.05) is 11.4 Å². The Labute approximate surface area is 108 Å². The molecular weight excluding hydrogens is 224 g/mol. The van der Waals surface area contributed by atoms with E-state index in [9.17, 15) is 0 Å². The van der Waals surface area contributed by atoms with E-state index in [4.69, 9.17) is 11.1 Å². The van der Waals surface area contributed by atoms with Crippen molar-refractivity contribution in [1.82, 2.24) is 4.98 Å². The van der Waals surface area contributed by atoms with Crippen LogP contribution < -0.4 is 10.6 Å². The van der Waals surface area contributed by atoms with Gasteiger partial charge in [0.1, 0.15) is 11.7 Å². The summed E-state index contributed by atoms with van der Waals surface area (Å²) in [7, 11) is 0. The Morgan fingerprint density at radius 3 is 3.00 bits per heavy atom. The maximum absolute atomic E-state index is 7.52. The van der Waals surface area contributed by atoms with Gasteiger partial charge in [0.15, 0.2) is 0 Å². The predicted octanol–water partition coefficient (Wildman–Crippen LogP) is 2.13. The van der Waals surface area contributed by atoms with Gasteiger partial charge in [-0.3, -0.25) is 5.41 Å². The van der Waals surface area contributed by atoms with Crippen LogP contribution in [0.5, 0.6) is 0 Å². The van der Waals surface area contributed by atoms with Crippen molar-refractivity contribution in [3.05, 3.63) is 23.9 Å². The topological polar surface area (TPSA) is 66.0 Å². The second-order valence-electron chi connectivity index (χ2n) is 5.41. The fourth-order valence-electron chi connectivity index (χ4n) is 3.43. The first kappa shape index (κ1) is 11.5. The molecule has 1 aromatic rings. The van der Waals surface area contributed by atoms with Crippen LogP contribution in [-0.4, -0.2) is 23.4 Å². The summed E-state index contributed by atoms with van der Waals surface area (Å²) in [4.78, 5) is 6.90.